The minimum absolute atomic E-state index is 0.161. The molecule has 0 atom stereocenters. The molecule has 30 heavy (non-hydrogen) atoms. The monoisotopic (exact) mass is 424 g/mol. The van der Waals surface area contributed by atoms with Gasteiger partial charge in [0.2, 0.25) is 5.01 Å². The average molecular weight is 425 g/mol. The number of aryl methyl sites for hydroxylation is 1. The number of ether oxygens (including phenoxy) is 1. The molecule has 0 aliphatic rings. The Bertz CT molecular complexity index is 1000. The third-order valence-corrected chi connectivity index (χ3v) is 5.14. The van der Waals surface area contributed by atoms with E-state index < -0.39 is 0 Å². The van der Waals surface area contributed by atoms with Crippen LogP contribution in [-0.4, -0.2) is 28.6 Å². The van der Waals surface area contributed by atoms with E-state index in [1.54, 1.807) is 24.3 Å². The van der Waals surface area contributed by atoms with Gasteiger partial charge >= 0.3 is 0 Å². The van der Waals surface area contributed by atoms with Crippen molar-refractivity contribution in [3.05, 3.63) is 69.7 Å². The van der Waals surface area contributed by atoms with Crippen molar-refractivity contribution in [3.8, 4) is 5.75 Å². The number of carbonyl (C=O) groups is 2. The largest absolute Gasteiger partial charge is 0.486 e. The van der Waals surface area contributed by atoms with Gasteiger partial charge < -0.3 is 15.4 Å². The van der Waals surface area contributed by atoms with E-state index in [4.69, 9.17) is 4.74 Å². The number of aromatic nitrogens is 2. The number of benzene rings is 2. The molecule has 0 saturated carbocycles. The van der Waals surface area contributed by atoms with E-state index in [1.165, 1.54) is 11.3 Å². The van der Waals surface area contributed by atoms with Crippen molar-refractivity contribution < 1.29 is 14.3 Å². The lowest BCUT2D eigenvalue weighted by Crippen LogP contribution is -2.24. The highest BCUT2D eigenvalue weighted by Crippen LogP contribution is 2.18. The first-order valence-corrected chi connectivity index (χ1v) is 10.6. The van der Waals surface area contributed by atoms with Crippen molar-refractivity contribution in [1.82, 2.24) is 15.5 Å². The number of nitrogens with zero attached hydrogens (tertiary/aromatic N) is 2. The lowest BCUT2D eigenvalue weighted by molar-refractivity contribution is 0.0951. The Hall–Kier alpha value is -3.26. The van der Waals surface area contributed by atoms with Crippen molar-refractivity contribution in [2.45, 2.75) is 33.3 Å². The third-order valence-electron chi connectivity index (χ3n) is 4.24. The van der Waals surface area contributed by atoms with E-state index in [1.807, 2.05) is 31.2 Å². The number of amides is 2. The molecule has 0 fully saturated rings. The molecule has 1 aromatic heterocycles. The molecule has 0 radical (unpaired) electrons. The van der Waals surface area contributed by atoms with Crippen molar-refractivity contribution in [3.63, 3.8) is 0 Å². The van der Waals surface area contributed by atoms with Gasteiger partial charge in [-0.3, -0.25) is 9.59 Å². The van der Waals surface area contributed by atoms with Crippen LogP contribution in [0.1, 0.15) is 50.5 Å². The minimum Gasteiger partial charge on any atom is -0.486 e. The van der Waals surface area contributed by atoms with Gasteiger partial charge in [-0.1, -0.05) is 48.4 Å². The van der Waals surface area contributed by atoms with Crippen LogP contribution in [0.25, 0.3) is 0 Å². The number of hydrogen-bond donors (Lipinski definition) is 2. The predicted octanol–water partition coefficient (Wildman–Crippen LogP) is 4.21. The maximum atomic E-state index is 12.5. The molecule has 3 aromatic rings. The first-order chi connectivity index (χ1) is 14.5. The first kappa shape index (κ1) is 21.4. The number of hydrogen-bond acceptors (Lipinski definition) is 6. The molecule has 0 saturated heterocycles. The van der Waals surface area contributed by atoms with Gasteiger partial charge in [0.05, 0.1) is 0 Å². The van der Waals surface area contributed by atoms with Crippen molar-refractivity contribution in [2.75, 3.05) is 11.9 Å². The molecule has 0 aliphatic carbocycles. The Morgan fingerprint density at radius 3 is 2.63 bits per heavy atom. The lowest BCUT2D eigenvalue weighted by atomic mass is 10.2. The summed E-state index contributed by atoms with van der Waals surface area (Å²) in [5.41, 5.74) is 2.17. The number of unbranched alkanes of at least 4 members (excludes halogenated alkanes) is 1. The minimum atomic E-state index is -0.377. The van der Waals surface area contributed by atoms with Gasteiger partial charge in [0.15, 0.2) is 5.01 Å². The fourth-order valence-corrected chi connectivity index (χ4v) is 3.23. The highest BCUT2D eigenvalue weighted by molar-refractivity contribution is 7.13. The SMILES string of the molecule is CCCCNC(=O)c1cccc(NC(=O)c2nnc(COc3ccc(C)cc3)s2)c1. The third kappa shape index (κ3) is 6.12. The fourth-order valence-electron chi connectivity index (χ4n) is 2.59. The zero-order valence-electron chi connectivity index (χ0n) is 17.0. The standard InChI is InChI=1S/C22H24N4O3S/c1-3-4-12-23-20(27)16-6-5-7-17(13-16)24-21(28)22-26-25-19(30-22)14-29-18-10-8-15(2)9-11-18/h5-11,13H,3-4,12,14H2,1-2H3,(H,23,27)(H,24,28). The molecule has 0 unspecified atom stereocenters. The number of carbonyl (C=O) groups excluding carboxylic acids is 2. The van der Waals surface area contributed by atoms with Gasteiger partial charge in [0.1, 0.15) is 12.4 Å². The van der Waals surface area contributed by atoms with E-state index >= 15 is 0 Å². The van der Waals surface area contributed by atoms with E-state index in [9.17, 15) is 9.59 Å². The predicted molar refractivity (Wildman–Crippen MR) is 117 cm³/mol. The summed E-state index contributed by atoms with van der Waals surface area (Å²) in [6.45, 7) is 4.94. The molecule has 2 amide bonds. The normalized spacial score (nSPS) is 10.5. The smallest absolute Gasteiger partial charge is 0.286 e. The Kier molecular flexibility index (Phi) is 7.51. The molecule has 2 N–H and O–H groups in total. The fraction of sp³-hybridized carbons (Fsp3) is 0.273. The highest BCUT2D eigenvalue weighted by Gasteiger charge is 2.14. The molecular formula is C22H24N4O3S. The Labute approximate surface area is 179 Å². The molecular weight excluding hydrogens is 400 g/mol. The summed E-state index contributed by atoms with van der Waals surface area (Å²) < 4.78 is 5.67. The molecule has 0 aliphatic heterocycles. The second-order valence-corrected chi connectivity index (χ2v) is 7.81. The Balaban J connectivity index is 1.56. The second kappa shape index (κ2) is 10.5. The van der Waals surface area contributed by atoms with Crippen molar-refractivity contribution in [2.24, 2.45) is 0 Å². The van der Waals surface area contributed by atoms with Gasteiger partial charge in [-0.25, -0.2) is 0 Å². The highest BCUT2D eigenvalue weighted by atomic mass is 32.1. The summed E-state index contributed by atoms with van der Waals surface area (Å²) in [7, 11) is 0. The van der Waals surface area contributed by atoms with E-state index in [2.05, 4.69) is 27.8 Å². The molecule has 1 heterocycles. The quantitative estimate of drug-likeness (QED) is 0.502. The summed E-state index contributed by atoms with van der Waals surface area (Å²) in [6, 6.07) is 14.5. The molecule has 3 rings (SSSR count). The average Bonchev–Trinajstić information content (AvgIpc) is 3.23. The van der Waals surface area contributed by atoms with Crippen LogP contribution in [0, 0.1) is 6.92 Å². The number of rotatable bonds is 9. The van der Waals surface area contributed by atoms with Gasteiger partial charge in [0, 0.05) is 17.8 Å². The molecule has 156 valence electrons. The Morgan fingerprint density at radius 1 is 1.07 bits per heavy atom. The zero-order valence-corrected chi connectivity index (χ0v) is 17.8. The van der Waals surface area contributed by atoms with E-state index in [0.29, 0.717) is 22.8 Å². The van der Waals surface area contributed by atoms with E-state index in [0.717, 1.165) is 24.2 Å². The number of anilines is 1. The maximum Gasteiger partial charge on any atom is 0.286 e. The zero-order chi connectivity index (χ0) is 21.3. The van der Waals surface area contributed by atoms with Crippen LogP contribution >= 0.6 is 11.3 Å². The number of nitrogens with one attached hydrogen (secondary N) is 2. The van der Waals surface area contributed by atoms with Crippen LogP contribution in [0.4, 0.5) is 5.69 Å². The van der Waals surface area contributed by atoms with E-state index in [-0.39, 0.29) is 23.4 Å². The summed E-state index contributed by atoms with van der Waals surface area (Å²) >= 11 is 1.17. The topological polar surface area (TPSA) is 93.2 Å². The van der Waals surface area contributed by atoms with Crippen LogP contribution in [0.2, 0.25) is 0 Å². The summed E-state index contributed by atoms with van der Waals surface area (Å²) in [6.07, 6.45) is 1.94. The van der Waals surface area contributed by atoms with Gasteiger partial charge in [-0.15, -0.1) is 10.2 Å². The summed E-state index contributed by atoms with van der Waals surface area (Å²) in [5, 5.41) is 14.4. The van der Waals surface area contributed by atoms with Gasteiger partial charge in [0.25, 0.3) is 11.8 Å². The van der Waals surface area contributed by atoms with Crippen LogP contribution in [0.5, 0.6) is 5.75 Å². The van der Waals surface area contributed by atoms with Crippen LogP contribution in [0.15, 0.2) is 48.5 Å². The molecule has 8 heteroatoms. The first-order valence-electron chi connectivity index (χ1n) is 9.76. The summed E-state index contributed by atoms with van der Waals surface area (Å²) in [4.78, 5) is 24.7. The van der Waals surface area contributed by atoms with Gasteiger partial charge in [-0.2, -0.15) is 0 Å². The van der Waals surface area contributed by atoms with Crippen molar-refractivity contribution in [1.29, 1.82) is 0 Å². The Morgan fingerprint density at radius 2 is 1.87 bits per heavy atom. The molecule has 0 spiro atoms. The maximum absolute atomic E-state index is 12.5. The summed E-state index contributed by atoms with van der Waals surface area (Å²) in [5.74, 6) is 0.194. The molecule has 2 aromatic carbocycles. The van der Waals surface area contributed by atoms with Crippen LogP contribution < -0.4 is 15.4 Å². The molecule has 7 nitrogen and oxygen atoms in total. The second-order valence-electron chi connectivity index (χ2n) is 6.75. The lowest BCUT2D eigenvalue weighted by Gasteiger charge is -2.07. The van der Waals surface area contributed by atoms with Crippen LogP contribution in [0.3, 0.4) is 0 Å². The molecule has 0 bridgehead atoms. The van der Waals surface area contributed by atoms with Crippen LogP contribution in [-0.2, 0) is 6.61 Å². The van der Waals surface area contributed by atoms with Gasteiger partial charge in [-0.05, 0) is 43.7 Å². The van der Waals surface area contributed by atoms with Crippen molar-refractivity contribution >= 4 is 28.8 Å².